The highest BCUT2D eigenvalue weighted by molar-refractivity contribution is 7.98. The third-order valence-corrected chi connectivity index (χ3v) is 2.69. The van der Waals surface area contributed by atoms with Gasteiger partial charge in [0.1, 0.15) is 5.75 Å². The number of hydroxylamine groups is 1. The molecule has 4 heteroatoms. The SMILES string of the molecule is CSc1cc(C)c(O)cc1CNO. The molecule has 0 amide bonds. The van der Waals surface area contributed by atoms with E-state index in [4.69, 9.17) is 5.21 Å². The van der Waals surface area contributed by atoms with E-state index >= 15 is 0 Å². The zero-order chi connectivity index (χ0) is 9.84. The third-order valence-electron chi connectivity index (χ3n) is 1.87. The van der Waals surface area contributed by atoms with Gasteiger partial charge in [-0.05, 0) is 36.4 Å². The molecule has 0 fully saturated rings. The van der Waals surface area contributed by atoms with Crippen LogP contribution in [0.15, 0.2) is 17.0 Å². The van der Waals surface area contributed by atoms with E-state index in [0.717, 1.165) is 16.0 Å². The second-order valence-electron chi connectivity index (χ2n) is 2.79. The van der Waals surface area contributed by atoms with Gasteiger partial charge in [0.15, 0.2) is 0 Å². The van der Waals surface area contributed by atoms with Gasteiger partial charge in [0.05, 0.1) is 0 Å². The number of benzene rings is 1. The Morgan fingerprint density at radius 2 is 2.15 bits per heavy atom. The summed E-state index contributed by atoms with van der Waals surface area (Å²) < 4.78 is 0. The van der Waals surface area contributed by atoms with Crippen molar-refractivity contribution in [3.63, 3.8) is 0 Å². The molecule has 0 aromatic heterocycles. The maximum absolute atomic E-state index is 9.43. The highest BCUT2D eigenvalue weighted by atomic mass is 32.2. The van der Waals surface area contributed by atoms with Gasteiger partial charge >= 0.3 is 0 Å². The molecule has 0 bridgehead atoms. The van der Waals surface area contributed by atoms with Crippen LogP contribution >= 0.6 is 11.8 Å². The molecule has 0 aliphatic carbocycles. The summed E-state index contributed by atoms with van der Waals surface area (Å²) in [5.41, 5.74) is 3.83. The molecular weight excluding hydrogens is 186 g/mol. The van der Waals surface area contributed by atoms with E-state index in [1.54, 1.807) is 17.8 Å². The number of nitrogens with one attached hydrogen (secondary N) is 1. The molecule has 3 N–H and O–H groups in total. The minimum atomic E-state index is 0.267. The standard InChI is InChI=1S/C9H13NO2S/c1-6-3-9(13-2)7(5-10-12)4-8(6)11/h3-4,10-12H,5H2,1-2H3. The number of phenols is 1. The first-order valence-electron chi connectivity index (χ1n) is 3.92. The maximum Gasteiger partial charge on any atom is 0.118 e. The Morgan fingerprint density at radius 1 is 1.46 bits per heavy atom. The summed E-state index contributed by atoms with van der Waals surface area (Å²) >= 11 is 1.60. The predicted molar refractivity (Wildman–Crippen MR) is 53.3 cm³/mol. The summed E-state index contributed by atoms with van der Waals surface area (Å²) in [6.45, 7) is 2.20. The second-order valence-corrected chi connectivity index (χ2v) is 3.63. The first kappa shape index (κ1) is 10.4. The molecule has 0 aliphatic rings. The zero-order valence-corrected chi connectivity index (χ0v) is 8.48. The molecule has 3 nitrogen and oxygen atoms in total. The van der Waals surface area contributed by atoms with E-state index in [9.17, 15) is 5.11 Å². The van der Waals surface area contributed by atoms with Crippen LogP contribution in [0.4, 0.5) is 0 Å². The van der Waals surface area contributed by atoms with Gasteiger partial charge in [-0.15, -0.1) is 11.8 Å². The van der Waals surface area contributed by atoms with Crippen molar-refractivity contribution >= 4 is 11.8 Å². The van der Waals surface area contributed by atoms with Crippen LogP contribution in [0.2, 0.25) is 0 Å². The highest BCUT2D eigenvalue weighted by Gasteiger charge is 2.05. The predicted octanol–water partition coefficient (Wildman–Crippen LogP) is 1.90. The van der Waals surface area contributed by atoms with Crippen molar-refractivity contribution in [3.05, 3.63) is 23.3 Å². The summed E-state index contributed by atoms with van der Waals surface area (Å²) in [6, 6.07) is 3.58. The molecule has 13 heavy (non-hydrogen) atoms. The van der Waals surface area contributed by atoms with Crippen LogP contribution in [0.25, 0.3) is 0 Å². The lowest BCUT2D eigenvalue weighted by Gasteiger charge is -2.08. The fourth-order valence-corrected chi connectivity index (χ4v) is 1.81. The summed E-state index contributed by atoms with van der Waals surface area (Å²) in [5, 5.41) is 18.0. The molecule has 0 atom stereocenters. The quantitative estimate of drug-likeness (QED) is 0.514. The van der Waals surface area contributed by atoms with E-state index in [1.807, 2.05) is 19.2 Å². The van der Waals surface area contributed by atoms with Gasteiger partial charge in [-0.1, -0.05) is 0 Å². The summed E-state index contributed by atoms with van der Waals surface area (Å²) in [4.78, 5) is 1.07. The molecular formula is C9H13NO2S. The number of aromatic hydroxyl groups is 1. The lowest BCUT2D eigenvalue weighted by molar-refractivity contribution is 0.160. The first-order chi connectivity index (χ1) is 6.19. The third kappa shape index (κ3) is 2.37. The second kappa shape index (κ2) is 4.50. The Bertz CT molecular complexity index is 302. The Hall–Kier alpha value is -0.710. The Kier molecular flexibility index (Phi) is 3.59. The largest absolute Gasteiger partial charge is 0.508 e. The summed E-state index contributed by atoms with van der Waals surface area (Å²) in [7, 11) is 0. The molecule has 0 heterocycles. The molecule has 0 spiro atoms. The van der Waals surface area contributed by atoms with Crippen molar-refractivity contribution in [1.82, 2.24) is 5.48 Å². The molecule has 1 aromatic carbocycles. The van der Waals surface area contributed by atoms with Crippen molar-refractivity contribution in [2.24, 2.45) is 0 Å². The van der Waals surface area contributed by atoms with Gasteiger partial charge in [0.25, 0.3) is 0 Å². The van der Waals surface area contributed by atoms with Gasteiger partial charge in [-0.25, -0.2) is 5.48 Å². The average Bonchev–Trinajstić information content (AvgIpc) is 2.11. The fraction of sp³-hybridized carbons (Fsp3) is 0.333. The molecule has 0 radical (unpaired) electrons. The van der Waals surface area contributed by atoms with Crippen LogP contribution in [0.3, 0.4) is 0 Å². The Labute approximate surface area is 81.7 Å². The van der Waals surface area contributed by atoms with Crippen molar-refractivity contribution in [2.45, 2.75) is 18.4 Å². The van der Waals surface area contributed by atoms with E-state index in [-0.39, 0.29) is 5.75 Å². The number of hydrogen-bond donors (Lipinski definition) is 3. The van der Waals surface area contributed by atoms with Gasteiger partial charge in [0, 0.05) is 11.4 Å². The van der Waals surface area contributed by atoms with Crippen LogP contribution in [-0.2, 0) is 6.54 Å². The Balaban J connectivity index is 3.09. The minimum absolute atomic E-state index is 0.267. The molecule has 0 unspecified atom stereocenters. The maximum atomic E-state index is 9.43. The van der Waals surface area contributed by atoms with Crippen LogP contribution in [0.1, 0.15) is 11.1 Å². The van der Waals surface area contributed by atoms with Gasteiger partial charge in [-0.2, -0.15) is 0 Å². The van der Waals surface area contributed by atoms with Crippen molar-refractivity contribution < 1.29 is 10.3 Å². The molecule has 0 aliphatic heterocycles. The molecule has 0 saturated heterocycles. The van der Waals surface area contributed by atoms with Crippen molar-refractivity contribution in [3.8, 4) is 5.75 Å². The lowest BCUT2D eigenvalue weighted by Crippen LogP contribution is -2.07. The van der Waals surface area contributed by atoms with Crippen molar-refractivity contribution in [2.75, 3.05) is 6.26 Å². The van der Waals surface area contributed by atoms with E-state index in [1.165, 1.54) is 0 Å². The smallest absolute Gasteiger partial charge is 0.118 e. The normalized spacial score (nSPS) is 10.4. The zero-order valence-electron chi connectivity index (χ0n) is 7.66. The summed E-state index contributed by atoms with van der Waals surface area (Å²) in [5.74, 6) is 0.267. The molecule has 0 saturated carbocycles. The van der Waals surface area contributed by atoms with E-state index < -0.39 is 0 Å². The van der Waals surface area contributed by atoms with Crippen LogP contribution in [0.5, 0.6) is 5.75 Å². The van der Waals surface area contributed by atoms with Crippen LogP contribution in [-0.4, -0.2) is 16.6 Å². The number of aryl methyl sites for hydroxylation is 1. The van der Waals surface area contributed by atoms with Gasteiger partial charge in [-0.3, -0.25) is 0 Å². The fourth-order valence-electron chi connectivity index (χ4n) is 1.13. The average molecular weight is 199 g/mol. The summed E-state index contributed by atoms with van der Waals surface area (Å²) in [6.07, 6.45) is 1.96. The topological polar surface area (TPSA) is 52.5 Å². The molecule has 72 valence electrons. The lowest BCUT2D eigenvalue weighted by atomic mass is 10.1. The Morgan fingerprint density at radius 3 is 2.69 bits per heavy atom. The minimum Gasteiger partial charge on any atom is -0.508 e. The van der Waals surface area contributed by atoms with E-state index in [2.05, 4.69) is 5.48 Å². The van der Waals surface area contributed by atoms with Gasteiger partial charge < -0.3 is 10.3 Å². The van der Waals surface area contributed by atoms with Gasteiger partial charge in [0.2, 0.25) is 0 Å². The monoisotopic (exact) mass is 199 g/mol. The first-order valence-corrected chi connectivity index (χ1v) is 5.15. The highest BCUT2D eigenvalue weighted by Crippen LogP contribution is 2.27. The van der Waals surface area contributed by atoms with Crippen molar-refractivity contribution in [1.29, 1.82) is 0 Å². The number of rotatable bonds is 3. The molecule has 1 aromatic rings. The van der Waals surface area contributed by atoms with Crippen LogP contribution < -0.4 is 5.48 Å². The van der Waals surface area contributed by atoms with Crippen LogP contribution in [0, 0.1) is 6.92 Å². The van der Waals surface area contributed by atoms with E-state index in [0.29, 0.717) is 6.54 Å². The number of phenolic OH excluding ortho intramolecular Hbond substituents is 1. The number of thioether (sulfide) groups is 1. The molecule has 1 rings (SSSR count). The number of hydrogen-bond acceptors (Lipinski definition) is 4.